The van der Waals surface area contributed by atoms with Crippen LogP contribution in [0.3, 0.4) is 0 Å². The van der Waals surface area contributed by atoms with Crippen molar-refractivity contribution >= 4 is 0 Å². The van der Waals surface area contributed by atoms with Gasteiger partial charge in [0.05, 0.1) is 0 Å². The molecule has 2 unspecified atom stereocenters. The first kappa shape index (κ1) is 12.5. The molecule has 2 aromatic rings. The Bertz CT molecular complexity index is 554. The highest BCUT2D eigenvalue weighted by Crippen LogP contribution is 2.41. The van der Waals surface area contributed by atoms with Gasteiger partial charge in [-0.25, -0.2) is 0 Å². The van der Waals surface area contributed by atoms with Gasteiger partial charge in [-0.05, 0) is 53.4 Å². The van der Waals surface area contributed by atoms with Crippen LogP contribution in [0.4, 0.5) is 0 Å². The molecule has 98 valence electrons. The fraction of sp³-hybridized carbons (Fsp3) is 0.368. The van der Waals surface area contributed by atoms with Crippen molar-refractivity contribution in [2.24, 2.45) is 0 Å². The quantitative estimate of drug-likeness (QED) is 0.712. The first-order chi connectivity index (χ1) is 9.24. The maximum Gasteiger partial charge on any atom is -0.0182 e. The lowest BCUT2D eigenvalue weighted by Crippen LogP contribution is -1.94. The summed E-state index contributed by atoms with van der Waals surface area (Å²) in [7, 11) is 0. The van der Waals surface area contributed by atoms with Crippen molar-refractivity contribution in [3.63, 3.8) is 0 Å². The van der Waals surface area contributed by atoms with Crippen molar-refractivity contribution in [3.05, 3.63) is 70.8 Å². The SMILES string of the molecule is CC1CC(C)c2cc(CCc3ccccc3)ccc21. The molecule has 0 radical (unpaired) electrons. The molecule has 0 spiro atoms. The van der Waals surface area contributed by atoms with E-state index >= 15 is 0 Å². The van der Waals surface area contributed by atoms with E-state index in [-0.39, 0.29) is 0 Å². The summed E-state index contributed by atoms with van der Waals surface area (Å²) >= 11 is 0. The highest BCUT2D eigenvalue weighted by molar-refractivity contribution is 5.41. The monoisotopic (exact) mass is 250 g/mol. The maximum absolute atomic E-state index is 2.45. The van der Waals surface area contributed by atoms with E-state index in [0.29, 0.717) is 0 Å². The molecule has 1 aliphatic rings. The molecule has 0 saturated heterocycles. The zero-order valence-corrected chi connectivity index (χ0v) is 11.9. The topological polar surface area (TPSA) is 0 Å². The third kappa shape index (κ3) is 2.58. The van der Waals surface area contributed by atoms with Crippen LogP contribution in [0, 0.1) is 0 Å². The van der Waals surface area contributed by atoms with E-state index in [4.69, 9.17) is 0 Å². The largest absolute Gasteiger partial charge is 0.0622 e. The lowest BCUT2D eigenvalue weighted by atomic mass is 9.97. The summed E-state index contributed by atoms with van der Waals surface area (Å²) in [4.78, 5) is 0. The number of benzene rings is 2. The molecule has 2 atom stereocenters. The summed E-state index contributed by atoms with van der Waals surface area (Å²) in [6, 6.07) is 17.9. The first-order valence-electron chi connectivity index (χ1n) is 7.40. The second kappa shape index (κ2) is 5.21. The van der Waals surface area contributed by atoms with Gasteiger partial charge < -0.3 is 0 Å². The standard InChI is InChI=1S/C19H22/c1-14-12-15(2)19-13-17(10-11-18(14)19)9-8-16-6-4-3-5-7-16/h3-7,10-11,13-15H,8-9,12H2,1-2H3. The van der Waals surface area contributed by atoms with E-state index in [1.54, 1.807) is 11.1 Å². The average molecular weight is 250 g/mol. The average Bonchev–Trinajstić information content (AvgIpc) is 2.73. The Hall–Kier alpha value is -1.56. The van der Waals surface area contributed by atoms with Crippen molar-refractivity contribution in [1.82, 2.24) is 0 Å². The van der Waals surface area contributed by atoms with Gasteiger partial charge in [-0.3, -0.25) is 0 Å². The molecule has 0 aliphatic heterocycles. The minimum atomic E-state index is 0.738. The van der Waals surface area contributed by atoms with Crippen LogP contribution in [0.25, 0.3) is 0 Å². The lowest BCUT2D eigenvalue weighted by Gasteiger charge is -2.09. The zero-order chi connectivity index (χ0) is 13.2. The molecule has 0 saturated carbocycles. The maximum atomic E-state index is 2.45. The zero-order valence-electron chi connectivity index (χ0n) is 11.9. The van der Waals surface area contributed by atoms with Crippen molar-refractivity contribution in [2.45, 2.75) is 44.9 Å². The predicted molar refractivity (Wildman–Crippen MR) is 81.7 cm³/mol. The molecule has 0 fully saturated rings. The highest BCUT2D eigenvalue weighted by atomic mass is 14.3. The van der Waals surface area contributed by atoms with Crippen LogP contribution in [-0.4, -0.2) is 0 Å². The van der Waals surface area contributed by atoms with Gasteiger partial charge in [0.25, 0.3) is 0 Å². The summed E-state index contributed by atoms with van der Waals surface area (Å²) in [5, 5.41) is 0. The molecule has 0 heterocycles. The van der Waals surface area contributed by atoms with Gasteiger partial charge in [0.2, 0.25) is 0 Å². The summed E-state index contributed by atoms with van der Waals surface area (Å²) in [5.74, 6) is 1.48. The smallest absolute Gasteiger partial charge is 0.0182 e. The Morgan fingerprint density at radius 2 is 1.47 bits per heavy atom. The van der Waals surface area contributed by atoms with Crippen molar-refractivity contribution in [1.29, 1.82) is 0 Å². The fourth-order valence-corrected chi connectivity index (χ4v) is 3.37. The van der Waals surface area contributed by atoms with Gasteiger partial charge >= 0.3 is 0 Å². The molecule has 0 heteroatoms. The second-order valence-electron chi connectivity index (χ2n) is 5.99. The Kier molecular flexibility index (Phi) is 3.42. The van der Waals surface area contributed by atoms with Crippen LogP contribution in [0.2, 0.25) is 0 Å². The van der Waals surface area contributed by atoms with Crippen LogP contribution in [-0.2, 0) is 12.8 Å². The predicted octanol–water partition coefficient (Wildman–Crippen LogP) is 5.08. The van der Waals surface area contributed by atoms with Crippen molar-refractivity contribution in [2.75, 3.05) is 0 Å². The van der Waals surface area contributed by atoms with Gasteiger partial charge in [-0.15, -0.1) is 0 Å². The molecule has 0 bridgehead atoms. The van der Waals surface area contributed by atoms with E-state index in [9.17, 15) is 0 Å². The lowest BCUT2D eigenvalue weighted by molar-refractivity contribution is 0.661. The fourth-order valence-electron chi connectivity index (χ4n) is 3.37. The highest BCUT2D eigenvalue weighted by Gasteiger charge is 2.24. The van der Waals surface area contributed by atoms with E-state index in [1.165, 1.54) is 17.5 Å². The molecule has 1 aliphatic carbocycles. The normalized spacial score (nSPS) is 21.4. The second-order valence-corrected chi connectivity index (χ2v) is 5.99. The molecule has 0 aromatic heterocycles. The number of fused-ring (bicyclic) bond motifs is 1. The number of rotatable bonds is 3. The van der Waals surface area contributed by atoms with Crippen LogP contribution < -0.4 is 0 Å². The minimum Gasteiger partial charge on any atom is -0.0622 e. The Morgan fingerprint density at radius 3 is 2.26 bits per heavy atom. The molecule has 2 aromatic carbocycles. The van der Waals surface area contributed by atoms with E-state index in [2.05, 4.69) is 62.4 Å². The van der Waals surface area contributed by atoms with E-state index in [1.807, 2.05) is 0 Å². The Balaban J connectivity index is 1.75. The first-order valence-corrected chi connectivity index (χ1v) is 7.40. The summed E-state index contributed by atoms with van der Waals surface area (Å²) < 4.78 is 0. The van der Waals surface area contributed by atoms with Gasteiger partial charge in [-0.2, -0.15) is 0 Å². The van der Waals surface area contributed by atoms with Crippen LogP contribution in [0.15, 0.2) is 48.5 Å². The van der Waals surface area contributed by atoms with Crippen molar-refractivity contribution in [3.8, 4) is 0 Å². The van der Waals surface area contributed by atoms with Crippen LogP contribution >= 0.6 is 0 Å². The Morgan fingerprint density at radius 1 is 0.789 bits per heavy atom. The molecular formula is C19H22. The van der Waals surface area contributed by atoms with Gasteiger partial charge in [0.15, 0.2) is 0 Å². The molecule has 19 heavy (non-hydrogen) atoms. The number of hydrogen-bond donors (Lipinski definition) is 0. The van der Waals surface area contributed by atoms with Gasteiger partial charge in [0.1, 0.15) is 0 Å². The third-order valence-corrected chi connectivity index (χ3v) is 4.47. The number of aryl methyl sites for hydroxylation is 2. The molecule has 0 amide bonds. The molecule has 0 nitrogen and oxygen atoms in total. The molecular weight excluding hydrogens is 228 g/mol. The summed E-state index contributed by atoms with van der Waals surface area (Å²) in [6.45, 7) is 4.72. The van der Waals surface area contributed by atoms with E-state index < -0.39 is 0 Å². The third-order valence-electron chi connectivity index (χ3n) is 4.47. The Labute approximate surface area is 116 Å². The van der Waals surface area contributed by atoms with Gasteiger partial charge in [0, 0.05) is 0 Å². The van der Waals surface area contributed by atoms with Crippen LogP contribution in [0.1, 0.15) is 54.4 Å². The van der Waals surface area contributed by atoms with Crippen LogP contribution in [0.5, 0.6) is 0 Å². The molecule has 3 rings (SSSR count). The number of hydrogen-bond acceptors (Lipinski definition) is 0. The van der Waals surface area contributed by atoms with E-state index in [0.717, 1.165) is 24.7 Å². The van der Waals surface area contributed by atoms with Gasteiger partial charge in [-0.1, -0.05) is 62.4 Å². The van der Waals surface area contributed by atoms with Crippen molar-refractivity contribution < 1.29 is 0 Å². The summed E-state index contributed by atoms with van der Waals surface area (Å²) in [6.07, 6.45) is 3.61. The minimum absolute atomic E-state index is 0.738. The summed E-state index contributed by atoms with van der Waals surface area (Å²) in [5.41, 5.74) is 6.10. The molecule has 0 N–H and O–H groups in total.